The molecular weight excluding hydrogens is 181 g/mol. The van der Waals surface area contributed by atoms with Gasteiger partial charge in [-0.05, 0) is 19.2 Å². The highest BCUT2D eigenvalue weighted by Crippen LogP contribution is 2.10. The van der Waals surface area contributed by atoms with Crippen molar-refractivity contribution in [2.24, 2.45) is 0 Å². The maximum atomic E-state index is 13.2. The molecule has 1 N–H and O–H groups in total. The van der Waals surface area contributed by atoms with E-state index < -0.39 is 0 Å². The molecule has 0 fully saturated rings. The third-order valence-corrected chi connectivity index (χ3v) is 2.20. The van der Waals surface area contributed by atoms with E-state index in [1.54, 1.807) is 16.7 Å². The van der Waals surface area contributed by atoms with Crippen molar-refractivity contribution in [3.8, 4) is 0 Å². The first kappa shape index (κ1) is 9.15. The molecule has 2 heterocycles. The fourth-order valence-electron chi connectivity index (χ4n) is 1.47. The van der Waals surface area contributed by atoms with Crippen LogP contribution < -0.4 is 5.32 Å². The Morgan fingerprint density at radius 3 is 3.21 bits per heavy atom. The van der Waals surface area contributed by atoms with Gasteiger partial charge in [0.2, 0.25) is 0 Å². The molecule has 2 aromatic rings. The van der Waals surface area contributed by atoms with Crippen LogP contribution in [0.5, 0.6) is 0 Å². The monoisotopic (exact) mass is 193 g/mol. The molecule has 0 bridgehead atoms. The van der Waals surface area contributed by atoms with Crippen LogP contribution in [0.4, 0.5) is 4.39 Å². The number of nitrogens with zero attached hydrogens (tertiary/aromatic N) is 2. The lowest BCUT2D eigenvalue weighted by Crippen LogP contribution is -2.11. The van der Waals surface area contributed by atoms with E-state index in [1.165, 1.54) is 6.07 Å². The van der Waals surface area contributed by atoms with Crippen molar-refractivity contribution in [2.75, 3.05) is 13.6 Å². The second-order valence-corrected chi connectivity index (χ2v) is 3.15. The Hall–Kier alpha value is -1.42. The molecule has 0 atom stereocenters. The average Bonchev–Trinajstić information content (AvgIpc) is 2.60. The minimum atomic E-state index is -0.275. The number of pyridine rings is 1. The Balaban J connectivity index is 2.42. The van der Waals surface area contributed by atoms with Crippen molar-refractivity contribution in [2.45, 2.75) is 6.42 Å². The Kier molecular flexibility index (Phi) is 2.45. The minimum absolute atomic E-state index is 0.275. The van der Waals surface area contributed by atoms with Gasteiger partial charge in [-0.1, -0.05) is 0 Å². The summed E-state index contributed by atoms with van der Waals surface area (Å²) < 4.78 is 15.0. The van der Waals surface area contributed by atoms with Gasteiger partial charge in [0.1, 0.15) is 0 Å². The number of halogens is 1. The van der Waals surface area contributed by atoms with E-state index in [9.17, 15) is 4.39 Å². The summed E-state index contributed by atoms with van der Waals surface area (Å²) in [5.74, 6) is -0.275. The van der Waals surface area contributed by atoms with Crippen LogP contribution in [0.1, 0.15) is 5.69 Å². The van der Waals surface area contributed by atoms with Crippen LogP contribution in [0.2, 0.25) is 0 Å². The molecule has 0 saturated heterocycles. The predicted molar refractivity (Wildman–Crippen MR) is 52.8 cm³/mol. The Bertz CT molecular complexity index is 436. The molecule has 74 valence electrons. The van der Waals surface area contributed by atoms with Crippen molar-refractivity contribution in [1.82, 2.24) is 14.7 Å². The molecule has 0 aliphatic rings. The van der Waals surface area contributed by atoms with E-state index in [4.69, 9.17) is 0 Å². The number of likely N-dealkylation sites (N-methyl/N-ethyl adjacent to an activating group) is 1. The Morgan fingerprint density at radius 2 is 2.43 bits per heavy atom. The normalized spacial score (nSPS) is 11.0. The minimum Gasteiger partial charge on any atom is -0.319 e. The topological polar surface area (TPSA) is 29.3 Å². The van der Waals surface area contributed by atoms with E-state index >= 15 is 0 Å². The molecule has 2 aromatic heterocycles. The quantitative estimate of drug-likeness (QED) is 0.794. The first-order valence-electron chi connectivity index (χ1n) is 4.58. The van der Waals surface area contributed by atoms with Crippen molar-refractivity contribution in [1.29, 1.82) is 0 Å². The van der Waals surface area contributed by atoms with Gasteiger partial charge in [0.15, 0.2) is 11.5 Å². The SMILES string of the molecule is CNCCc1cnc2c(F)cccn12. The molecule has 0 aromatic carbocycles. The number of aromatic nitrogens is 2. The van der Waals surface area contributed by atoms with Gasteiger partial charge in [-0.2, -0.15) is 0 Å². The number of imidazole rings is 1. The van der Waals surface area contributed by atoms with E-state index in [0.717, 1.165) is 18.7 Å². The highest BCUT2D eigenvalue weighted by molar-refractivity contribution is 5.41. The lowest BCUT2D eigenvalue weighted by molar-refractivity contribution is 0.629. The van der Waals surface area contributed by atoms with E-state index in [-0.39, 0.29) is 5.82 Å². The number of fused-ring (bicyclic) bond motifs is 1. The number of nitrogens with one attached hydrogen (secondary N) is 1. The van der Waals surface area contributed by atoms with Gasteiger partial charge in [-0.25, -0.2) is 9.37 Å². The first-order chi connectivity index (χ1) is 6.83. The Labute approximate surface area is 81.6 Å². The van der Waals surface area contributed by atoms with Gasteiger partial charge in [0, 0.05) is 31.1 Å². The molecule has 0 radical (unpaired) electrons. The van der Waals surface area contributed by atoms with Gasteiger partial charge >= 0.3 is 0 Å². The van der Waals surface area contributed by atoms with Crippen LogP contribution in [0.25, 0.3) is 5.65 Å². The molecule has 2 rings (SSSR count). The van der Waals surface area contributed by atoms with Crippen LogP contribution in [-0.4, -0.2) is 23.0 Å². The molecule has 4 heteroatoms. The molecule has 14 heavy (non-hydrogen) atoms. The predicted octanol–water partition coefficient (Wildman–Crippen LogP) is 1.24. The molecule has 0 spiro atoms. The second-order valence-electron chi connectivity index (χ2n) is 3.15. The average molecular weight is 193 g/mol. The summed E-state index contributed by atoms with van der Waals surface area (Å²) in [4.78, 5) is 4.03. The standard InChI is InChI=1S/C10H12FN3/c1-12-5-4-8-7-13-10-9(11)3-2-6-14(8)10/h2-3,6-7,12H,4-5H2,1H3. The fourth-order valence-corrected chi connectivity index (χ4v) is 1.47. The molecule has 3 nitrogen and oxygen atoms in total. The van der Waals surface area contributed by atoms with Crippen LogP contribution in [0, 0.1) is 5.82 Å². The third kappa shape index (κ3) is 1.48. The maximum Gasteiger partial charge on any atom is 0.173 e. The van der Waals surface area contributed by atoms with Gasteiger partial charge in [0.05, 0.1) is 0 Å². The van der Waals surface area contributed by atoms with Gasteiger partial charge < -0.3 is 9.72 Å². The lowest BCUT2D eigenvalue weighted by atomic mass is 10.3. The van der Waals surface area contributed by atoms with Crippen LogP contribution >= 0.6 is 0 Å². The van der Waals surface area contributed by atoms with Crippen LogP contribution in [0.15, 0.2) is 24.5 Å². The molecule has 0 saturated carbocycles. The van der Waals surface area contributed by atoms with Gasteiger partial charge in [0.25, 0.3) is 0 Å². The Morgan fingerprint density at radius 1 is 1.57 bits per heavy atom. The number of rotatable bonds is 3. The van der Waals surface area contributed by atoms with Crippen LogP contribution in [-0.2, 0) is 6.42 Å². The zero-order chi connectivity index (χ0) is 9.97. The first-order valence-corrected chi connectivity index (χ1v) is 4.58. The second kappa shape index (κ2) is 3.75. The van der Waals surface area contributed by atoms with Crippen molar-refractivity contribution < 1.29 is 4.39 Å². The van der Waals surface area contributed by atoms with Crippen molar-refractivity contribution in [3.05, 3.63) is 36.0 Å². The van der Waals surface area contributed by atoms with Gasteiger partial charge in [-0.3, -0.25) is 0 Å². The maximum absolute atomic E-state index is 13.2. The fraction of sp³-hybridized carbons (Fsp3) is 0.300. The largest absolute Gasteiger partial charge is 0.319 e. The zero-order valence-corrected chi connectivity index (χ0v) is 8.00. The van der Waals surface area contributed by atoms with Crippen molar-refractivity contribution in [3.63, 3.8) is 0 Å². The molecule has 0 aliphatic carbocycles. The molecular formula is C10H12FN3. The van der Waals surface area contributed by atoms with E-state index in [0.29, 0.717) is 5.65 Å². The third-order valence-electron chi connectivity index (χ3n) is 2.20. The summed E-state index contributed by atoms with van der Waals surface area (Å²) in [6, 6.07) is 3.11. The van der Waals surface area contributed by atoms with Crippen LogP contribution in [0.3, 0.4) is 0 Å². The van der Waals surface area contributed by atoms with Gasteiger partial charge in [-0.15, -0.1) is 0 Å². The summed E-state index contributed by atoms with van der Waals surface area (Å²) in [7, 11) is 1.89. The zero-order valence-electron chi connectivity index (χ0n) is 8.00. The summed E-state index contributed by atoms with van der Waals surface area (Å²) in [5, 5.41) is 3.05. The number of hydrogen-bond donors (Lipinski definition) is 1. The highest BCUT2D eigenvalue weighted by Gasteiger charge is 2.05. The van der Waals surface area contributed by atoms with Crippen molar-refractivity contribution >= 4 is 5.65 Å². The lowest BCUT2D eigenvalue weighted by Gasteiger charge is -2.00. The summed E-state index contributed by atoms with van der Waals surface area (Å²) in [5.41, 5.74) is 1.42. The van der Waals surface area contributed by atoms with E-state index in [2.05, 4.69) is 10.3 Å². The number of hydrogen-bond acceptors (Lipinski definition) is 2. The highest BCUT2D eigenvalue weighted by atomic mass is 19.1. The molecule has 0 aliphatic heterocycles. The summed E-state index contributed by atoms with van der Waals surface area (Å²) in [6.07, 6.45) is 4.40. The molecule has 0 unspecified atom stereocenters. The molecule has 0 amide bonds. The smallest absolute Gasteiger partial charge is 0.173 e. The van der Waals surface area contributed by atoms with E-state index in [1.807, 2.05) is 13.2 Å². The summed E-state index contributed by atoms with van der Waals surface area (Å²) in [6.45, 7) is 0.865. The summed E-state index contributed by atoms with van der Waals surface area (Å²) >= 11 is 0.